The van der Waals surface area contributed by atoms with Crippen LogP contribution >= 0.6 is 0 Å². The quantitative estimate of drug-likeness (QED) is 0.817. The SMILES string of the molecule is CC(C)CC(=O)NCCC(=O)c1ccc2c(c1)CC(=O)N2C. The van der Waals surface area contributed by atoms with Crippen LogP contribution in [0.5, 0.6) is 0 Å². The molecule has 118 valence electrons. The first-order chi connectivity index (χ1) is 10.4. The van der Waals surface area contributed by atoms with E-state index in [0.29, 0.717) is 30.9 Å². The van der Waals surface area contributed by atoms with Crippen LogP contribution in [0.1, 0.15) is 42.6 Å². The molecule has 1 aliphatic heterocycles. The van der Waals surface area contributed by atoms with Crippen molar-refractivity contribution >= 4 is 23.3 Å². The molecule has 22 heavy (non-hydrogen) atoms. The Morgan fingerprint density at radius 1 is 1.32 bits per heavy atom. The van der Waals surface area contributed by atoms with E-state index in [4.69, 9.17) is 0 Å². The minimum absolute atomic E-state index is 0.0188. The van der Waals surface area contributed by atoms with Crippen LogP contribution in [0, 0.1) is 5.92 Å². The van der Waals surface area contributed by atoms with E-state index in [-0.39, 0.29) is 24.0 Å². The lowest BCUT2D eigenvalue weighted by molar-refractivity contribution is -0.121. The van der Waals surface area contributed by atoms with Crippen LogP contribution in [-0.4, -0.2) is 31.2 Å². The van der Waals surface area contributed by atoms with Gasteiger partial charge in [-0.15, -0.1) is 0 Å². The topological polar surface area (TPSA) is 66.5 Å². The van der Waals surface area contributed by atoms with Gasteiger partial charge in [-0.2, -0.15) is 0 Å². The van der Waals surface area contributed by atoms with Crippen LogP contribution in [0.3, 0.4) is 0 Å². The van der Waals surface area contributed by atoms with Crippen molar-refractivity contribution in [3.63, 3.8) is 0 Å². The molecule has 1 aliphatic rings. The number of anilines is 1. The van der Waals surface area contributed by atoms with Crippen LogP contribution in [0.25, 0.3) is 0 Å². The fourth-order valence-corrected chi connectivity index (χ4v) is 2.55. The van der Waals surface area contributed by atoms with E-state index in [1.165, 1.54) is 0 Å². The molecule has 0 unspecified atom stereocenters. The fraction of sp³-hybridized carbons (Fsp3) is 0.471. The number of benzene rings is 1. The third kappa shape index (κ3) is 3.72. The largest absolute Gasteiger partial charge is 0.356 e. The Morgan fingerprint density at radius 3 is 2.73 bits per heavy atom. The van der Waals surface area contributed by atoms with Crippen molar-refractivity contribution in [3.8, 4) is 0 Å². The molecule has 2 rings (SSSR count). The first-order valence-electron chi connectivity index (χ1n) is 7.58. The second kappa shape index (κ2) is 6.73. The molecule has 0 radical (unpaired) electrons. The average molecular weight is 302 g/mol. The van der Waals surface area contributed by atoms with E-state index in [0.717, 1.165) is 11.3 Å². The van der Waals surface area contributed by atoms with Crippen molar-refractivity contribution in [2.45, 2.75) is 33.1 Å². The van der Waals surface area contributed by atoms with Gasteiger partial charge in [0.15, 0.2) is 5.78 Å². The van der Waals surface area contributed by atoms with Crippen molar-refractivity contribution in [1.29, 1.82) is 0 Å². The van der Waals surface area contributed by atoms with Crippen LogP contribution in [0.15, 0.2) is 18.2 Å². The summed E-state index contributed by atoms with van der Waals surface area (Å²) in [6.45, 7) is 4.31. The summed E-state index contributed by atoms with van der Waals surface area (Å²) in [7, 11) is 1.74. The maximum absolute atomic E-state index is 12.2. The number of nitrogens with one attached hydrogen (secondary N) is 1. The van der Waals surface area contributed by atoms with Crippen molar-refractivity contribution < 1.29 is 14.4 Å². The first-order valence-corrected chi connectivity index (χ1v) is 7.58. The molecule has 1 N–H and O–H groups in total. The number of fused-ring (bicyclic) bond motifs is 1. The predicted molar refractivity (Wildman–Crippen MR) is 85.0 cm³/mol. The van der Waals surface area contributed by atoms with Gasteiger partial charge in [0.2, 0.25) is 11.8 Å². The summed E-state index contributed by atoms with van der Waals surface area (Å²) < 4.78 is 0. The molecule has 2 amide bonds. The second-order valence-corrected chi connectivity index (χ2v) is 6.09. The van der Waals surface area contributed by atoms with Gasteiger partial charge >= 0.3 is 0 Å². The molecule has 0 aromatic heterocycles. The molecule has 0 aliphatic carbocycles. The Kier molecular flexibility index (Phi) is 4.96. The van der Waals surface area contributed by atoms with Crippen LogP contribution < -0.4 is 10.2 Å². The van der Waals surface area contributed by atoms with E-state index < -0.39 is 0 Å². The van der Waals surface area contributed by atoms with Gasteiger partial charge < -0.3 is 10.2 Å². The highest BCUT2D eigenvalue weighted by Crippen LogP contribution is 2.28. The summed E-state index contributed by atoms with van der Waals surface area (Å²) in [4.78, 5) is 36.9. The third-order valence-electron chi connectivity index (χ3n) is 3.75. The molecule has 0 fully saturated rings. The molecule has 1 heterocycles. The van der Waals surface area contributed by atoms with Crippen molar-refractivity contribution in [3.05, 3.63) is 29.3 Å². The molecule has 1 aromatic rings. The molecule has 0 spiro atoms. The zero-order valence-electron chi connectivity index (χ0n) is 13.3. The van der Waals surface area contributed by atoms with E-state index in [2.05, 4.69) is 5.32 Å². The maximum Gasteiger partial charge on any atom is 0.231 e. The number of likely N-dealkylation sites (N-methyl/N-ethyl adjacent to an activating group) is 1. The lowest BCUT2D eigenvalue weighted by Crippen LogP contribution is -2.27. The minimum Gasteiger partial charge on any atom is -0.356 e. The van der Waals surface area contributed by atoms with Gasteiger partial charge in [0.1, 0.15) is 0 Å². The van der Waals surface area contributed by atoms with Crippen LogP contribution in [-0.2, 0) is 16.0 Å². The Balaban J connectivity index is 1.90. The summed E-state index contributed by atoms with van der Waals surface area (Å²) in [5.74, 6) is 0.307. The Morgan fingerprint density at radius 2 is 2.05 bits per heavy atom. The molecular formula is C17H22N2O3. The highest BCUT2D eigenvalue weighted by Gasteiger charge is 2.24. The Hall–Kier alpha value is -2.17. The highest BCUT2D eigenvalue weighted by atomic mass is 16.2. The highest BCUT2D eigenvalue weighted by molar-refractivity contribution is 6.03. The third-order valence-corrected chi connectivity index (χ3v) is 3.75. The lowest BCUT2D eigenvalue weighted by atomic mass is 10.0. The number of Topliss-reactive ketones (excluding diaryl/α,β-unsaturated/α-hetero) is 1. The van der Waals surface area contributed by atoms with Crippen LogP contribution in [0.2, 0.25) is 0 Å². The summed E-state index contributed by atoms with van der Waals surface area (Å²) in [6, 6.07) is 5.34. The summed E-state index contributed by atoms with van der Waals surface area (Å²) >= 11 is 0. The number of carbonyl (C=O) groups excluding carboxylic acids is 3. The number of hydrogen-bond donors (Lipinski definition) is 1. The predicted octanol–water partition coefficient (Wildman–Crippen LogP) is 1.94. The zero-order valence-corrected chi connectivity index (χ0v) is 13.3. The van der Waals surface area contributed by atoms with Crippen molar-refractivity contribution in [2.75, 3.05) is 18.5 Å². The summed E-state index contributed by atoms with van der Waals surface area (Å²) in [5, 5.41) is 2.76. The van der Waals surface area contributed by atoms with Gasteiger partial charge in [0.25, 0.3) is 0 Å². The number of ketones is 1. The zero-order chi connectivity index (χ0) is 16.3. The molecule has 0 bridgehead atoms. The number of nitrogens with zero attached hydrogens (tertiary/aromatic N) is 1. The van der Waals surface area contributed by atoms with Crippen molar-refractivity contribution in [2.24, 2.45) is 5.92 Å². The van der Waals surface area contributed by atoms with Gasteiger partial charge in [-0.25, -0.2) is 0 Å². The fourth-order valence-electron chi connectivity index (χ4n) is 2.55. The van der Waals surface area contributed by atoms with Crippen LogP contribution in [0.4, 0.5) is 5.69 Å². The molecule has 5 nitrogen and oxygen atoms in total. The number of rotatable bonds is 6. The summed E-state index contributed by atoms with van der Waals surface area (Å²) in [5.41, 5.74) is 2.36. The first kappa shape index (κ1) is 16.2. The number of carbonyl (C=O) groups is 3. The number of hydrogen-bond acceptors (Lipinski definition) is 3. The monoisotopic (exact) mass is 302 g/mol. The normalized spacial score (nSPS) is 13.5. The Labute approximate surface area is 130 Å². The molecule has 0 saturated heterocycles. The van der Waals surface area contributed by atoms with E-state index in [9.17, 15) is 14.4 Å². The van der Waals surface area contributed by atoms with E-state index in [1.807, 2.05) is 19.9 Å². The second-order valence-electron chi connectivity index (χ2n) is 6.09. The Bertz CT molecular complexity index is 608. The van der Waals surface area contributed by atoms with Crippen molar-refractivity contribution in [1.82, 2.24) is 5.32 Å². The minimum atomic E-state index is -0.0241. The van der Waals surface area contributed by atoms with Gasteiger partial charge in [-0.1, -0.05) is 13.8 Å². The van der Waals surface area contributed by atoms with Gasteiger partial charge in [-0.05, 0) is 29.7 Å². The standard InChI is InChI=1S/C17H22N2O3/c1-11(2)8-16(21)18-7-6-15(20)12-4-5-14-13(9-12)10-17(22)19(14)3/h4-5,9,11H,6-8,10H2,1-3H3,(H,18,21). The smallest absolute Gasteiger partial charge is 0.231 e. The summed E-state index contributed by atoms with van der Waals surface area (Å²) in [6.07, 6.45) is 1.09. The van der Waals surface area contributed by atoms with Gasteiger partial charge in [0.05, 0.1) is 6.42 Å². The molecule has 5 heteroatoms. The molecule has 1 aromatic carbocycles. The molecular weight excluding hydrogens is 280 g/mol. The van der Waals surface area contributed by atoms with E-state index in [1.54, 1.807) is 24.1 Å². The lowest BCUT2D eigenvalue weighted by Gasteiger charge is -2.10. The number of amides is 2. The maximum atomic E-state index is 12.2. The molecule has 0 atom stereocenters. The molecule has 0 saturated carbocycles. The average Bonchev–Trinajstić information content (AvgIpc) is 2.72. The van der Waals surface area contributed by atoms with E-state index >= 15 is 0 Å². The van der Waals surface area contributed by atoms with Gasteiger partial charge in [-0.3, -0.25) is 14.4 Å². The van der Waals surface area contributed by atoms with Gasteiger partial charge in [0, 0.05) is 37.7 Å².